The van der Waals surface area contributed by atoms with Crippen LogP contribution in [0, 0.1) is 0 Å². The van der Waals surface area contributed by atoms with Crippen LogP contribution in [-0.4, -0.2) is 30.9 Å². The molecule has 7 heteroatoms. The molecule has 0 aliphatic carbocycles. The molecular formula is C9H10Cl2N2O2S. The second kappa shape index (κ2) is 4.39. The molecule has 0 amide bonds. The van der Waals surface area contributed by atoms with Gasteiger partial charge < -0.3 is 5.32 Å². The van der Waals surface area contributed by atoms with Gasteiger partial charge >= 0.3 is 0 Å². The number of rotatable bonds is 2. The monoisotopic (exact) mass is 280 g/mol. The third-order valence-corrected chi connectivity index (χ3v) is 4.64. The Morgan fingerprint density at radius 2 is 2.19 bits per heavy atom. The molecule has 1 unspecified atom stereocenters. The summed E-state index contributed by atoms with van der Waals surface area (Å²) in [5.41, 5.74) is 0. The van der Waals surface area contributed by atoms with Crippen molar-refractivity contribution in [2.24, 2.45) is 0 Å². The first-order chi connectivity index (χ1) is 7.46. The van der Waals surface area contributed by atoms with Crippen LogP contribution in [0.3, 0.4) is 0 Å². The van der Waals surface area contributed by atoms with Gasteiger partial charge in [-0.15, -0.1) is 0 Å². The van der Waals surface area contributed by atoms with Crippen molar-refractivity contribution < 1.29 is 8.42 Å². The molecule has 16 heavy (non-hydrogen) atoms. The number of nitrogens with one attached hydrogen (secondary N) is 1. The average molecular weight is 281 g/mol. The summed E-state index contributed by atoms with van der Waals surface area (Å²) < 4.78 is 22.5. The van der Waals surface area contributed by atoms with E-state index >= 15 is 0 Å². The van der Waals surface area contributed by atoms with Gasteiger partial charge in [0.1, 0.15) is 5.82 Å². The van der Waals surface area contributed by atoms with Crippen LogP contribution in [0.2, 0.25) is 10.0 Å². The van der Waals surface area contributed by atoms with Crippen molar-refractivity contribution in [1.82, 2.24) is 4.98 Å². The van der Waals surface area contributed by atoms with E-state index in [9.17, 15) is 8.42 Å². The Kier molecular flexibility index (Phi) is 3.28. The molecule has 4 nitrogen and oxygen atoms in total. The van der Waals surface area contributed by atoms with Crippen molar-refractivity contribution in [2.45, 2.75) is 12.5 Å². The van der Waals surface area contributed by atoms with Crippen LogP contribution < -0.4 is 5.32 Å². The molecule has 1 saturated heterocycles. The van der Waals surface area contributed by atoms with Crippen LogP contribution in [0.15, 0.2) is 12.3 Å². The summed E-state index contributed by atoms with van der Waals surface area (Å²) in [6, 6.07) is 1.46. The zero-order valence-corrected chi connectivity index (χ0v) is 10.6. The van der Waals surface area contributed by atoms with Crippen molar-refractivity contribution in [3.63, 3.8) is 0 Å². The van der Waals surface area contributed by atoms with Crippen LogP contribution in [0.4, 0.5) is 5.82 Å². The van der Waals surface area contributed by atoms with E-state index in [2.05, 4.69) is 10.3 Å². The number of hydrogen-bond donors (Lipinski definition) is 1. The van der Waals surface area contributed by atoms with Crippen LogP contribution in [0.5, 0.6) is 0 Å². The first-order valence-electron chi connectivity index (χ1n) is 4.74. The van der Waals surface area contributed by atoms with E-state index < -0.39 is 9.84 Å². The van der Waals surface area contributed by atoms with Crippen LogP contribution >= 0.6 is 23.2 Å². The minimum Gasteiger partial charge on any atom is -0.365 e. The normalized spacial score (nSPS) is 23.2. The standard InChI is InChI=1S/C9H10Cl2N2O2S/c10-6-3-8(11)9(12-4-6)13-7-1-2-16(14,15)5-7/h3-4,7H,1-2,5H2,(H,12,13). The summed E-state index contributed by atoms with van der Waals surface area (Å²) in [6.45, 7) is 0. The third-order valence-electron chi connectivity index (χ3n) is 2.38. The minimum absolute atomic E-state index is 0.115. The predicted octanol–water partition coefficient (Wildman–Crippen LogP) is 1.99. The number of hydrogen-bond acceptors (Lipinski definition) is 4. The molecule has 1 atom stereocenters. The van der Waals surface area contributed by atoms with E-state index in [0.717, 1.165) is 0 Å². The van der Waals surface area contributed by atoms with Gasteiger partial charge in [-0.1, -0.05) is 23.2 Å². The molecule has 0 radical (unpaired) electrons. The van der Waals surface area contributed by atoms with Crippen molar-refractivity contribution in [1.29, 1.82) is 0 Å². The van der Waals surface area contributed by atoms with Gasteiger partial charge in [-0.25, -0.2) is 13.4 Å². The van der Waals surface area contributed by atoms with E-state index in [1.54, 1.807) is 6.07 Å². The molecule has 0 aromatic carbocycles. The van der Waals surface area contributed by atoms with Crippen molar-refractivity contribution in [3.05, 3.63) is 22.3 Å². The lowest BCUT2D eigenvalue weighted by Crippen LogP contribution is -2.21. The van der Waals surface area contributed by atoms with Crippen molar-refractivity contribution in [3.8, 4) is 0 Å². The lowest BCUT2D eigenvalue weighted by atomic mass is 10.2. The zero-order valence-electron chi connectivity index (χ0n) is 8.28. The quantitative estimate of drug-likeness (QED) is 0.900. The molecule has 1 fully saturated rings. The summed E-state index contributed by atoms with van der Waals surface area (Å²) in [4.78, 5) is 4.02. The fraction of sp³-hybridized carbons (Fsp3) is 0.444. The Morgan fingerprint density at radius 1 is 1.44 bits per heavy atom. The molecule has 1 aliphatic rings. The smallest absolute Gasteiger partial charge is 0.152 e. The molecule has 0 saturated carbocycles. The fourth-order valence-corrected chi connectivity index (χ4v) is 3.73. The first kappa shape index (κ1) is 12.0. The van der Waals surface area contributed by atoms with Gasteiger partial charge in [-0.05, 0) is 12.5 Å². The Hall–Kier alpha value is -0.520. The number of sulfone groups is 1. The molecule has 1 aromatic heterocycles. The third kappa shape index (κ3) is 2.78. The van der Waals surface area contributed by atoms with Crippen LogP contribution in [0.1, 0.15) is 6.42 Å². The minimum atomic E-state index is -2.90. The fourth-order valence-electron chi connectivity index (χ4n) is 1.62. The maximum atomic E-state index is 11.3. The lowest BCUT2D eigenvalue weighted by Gasteiger charge is -2.12. The van der Waals surface area contributed by atoms with E-state index in [4.69, 9.17) is 23.2 Å². The number of halogens is 2. The number of anilines is 1. The maximum absolute atomic E-state index is 11.3. The van der Waals surface area contributed by atoms with Crippen molar-refractivity contribution in [2.75, 3.05) is 16.8 Å². The molecule has 0 bridgehead atoms. The molecule has 0 spiro atoms. The first-order valence-corrected chi connectivity index (χ1v) is 7.32. The average Bonchev–Trinajstić information content (AvgIpc) is 2.51. The number of aromatic nitrogens is 1. The van der Waals surface area contributed by atoms with Gasteiger partial charge in [-0.2, -0.15) is 0 Å². The van der Waals surface area contributed by atoms with Gasteiger partial charge in [0.25, 0.3) is 0 Å². The maximum Gasteiger partial charge on any atom is 0.152 e. The van der Waals surface area contributed by atoms with Crippen LogP contribution in [0.25, 0.3) is 0 Å². The summed E-state index contributed by atoms with van der Waals surface area (Å²) in [5, 5.41) is 3.86. The van der Waals surface area contributed by atoms with Gasteiger partial charge in [0, 0.05) is 12.2 Å². The topological polar surface area (TPSA) is 59.1 Å². The summed E-state index contributed by atoms with van der Waals surface area (Å²) >= 11 is 11.6. The highest BCUT2D eigenvalue weighted by Crippen LogP contribution is 2.25. The Labute approximate surface area is 104 Å². The molecule has 1 aromatic rings. The highest BCUT2D eigenvalue weighted by molar-refractivity contribution is 7.91. The summed E-state index contributed by atoms with van der Waals surface area (Å²) in [7, 11) is -2.90. The highest BCUT2D eigenvalue weighted by Gasteiger charge is 2.28. The number of pyridine rings is 1. The second-order valence-electron chi connectivity index (χ2n) is 3.73. The molecule has 1 aliphatic heterocycles. The van der Waals surface area contributed by atoms with E-state index in [1.807, 2.05) is 0 Å². The lowest BCUT2D eigenvalue weighted by molar-refractivity contribution is 0.602. The SMILES string of the molecule is O=S1(=O)CCC(Nc2ncc(Cl)cc2Cl)C1. The highest BCUT2D eigenvalue weighted by atomic mass is 35.5. The van der Waals surface area contributed by atoms with Gasteiger partial charge in [0.05, 0.1) is 21.6 Å². The van der Waals surface area contributed by atoms with Gasteiger partial charge in [0.2, 0.25) is 0 Å². The Balaban J connectivity index is 2.11. The van der Waals surface area contributed by atoms with E-state index in [1.165, 1.54) is 6.20 Å². The Morgan fingerprint density at radius 3 is 2.75 bits per heavy atom. The zero-order chi connectivity index (χ0) is 11.8. The summed E-state index contributed by atoms with van der Waals surface area (Å²) in [6.07, 6.45) is 2.06. The van der Waals surface area contributed by atoms with Gasteiger partial charge in [0.15, 0.2) is 9.84 Å². The second-order valence-corrected chi connectivity index (χ2v) is 6.80. The van der Waals surface area contributed by atoms with E-state index in [-0.39, 0.29) is 17.5 Å². The molecule has 1 N–H and O–H groups in total. The molecular weight excluding hydrogens is 271 g/mol. The number of nitrogens with zero attached hydrogens (tertiary/aromatic N) is 1. The van der Waals surface area contributed by atoms with E-state index in [0.29, 0.717) is 22.3 Å². The Bertz CT molecular complexity index is 504. The van der Waals surface area contributed by atoms with Crippen LogP contribution in [-0.2, 0) is 9.84 Å². The predicted molar refractivity (Wildman–Crippen MR) is 64.9 cm³/mol. The largest absolute Gasteiger partial charge is 0.365 e. The molecule has 88 valence electrons. The van der Waals surface area contributed by atoms with Gasteiger partial charge in [-0.3, -0.25) is 0 Å². The summed E-state index contributed by atoms with van der Waals surface area (Å²) in [5.74, 6) is 0.830. The molecule has 2 heterocycles. The van der Waals surface area contributed by atoms with Crippen molar-refractivity contribution >= 4 is 38.9 Å². The molecule has 2 rings (SSSR count).